The zero-order chi connectivity index (χ0) is 15.3. The number of nitrogens with zero attached hydrogens (tertiary/aromatic N) is 1. The first-order valence-electron chi connectivity index (χ1n) is 5.91. The SMILES string of the molecule is COC(C)(C)CC(=O)Nc1ccc(F)cc1/C(N)=N/O. The lowest BCUT2D eigenvalue weighted by atomic mass is 10.0. The van der Waals surface area contributed by atoms with Crippen LogP contribution in [0, 0.1) is 5.82 Å². The summed E-state index contributed by atoms with van der Waals surface area (Å²) < 4.78 is 18.3. The second-order valence-electron chi connectivity index (χ2n) is 4.86. The lowest BCUT2D eigenvalue weighted by molar-refractivity contribution is -0.121. The molecule has 0 heterocycles. The first-order chi connectivity index (χ1) is 9.29. The van der Waals surface area contributed by atoms with E-state index in [9.17, 15) is 9.18 Å². The van der Waals surface area contributed by atoms with Gasteiger partial charge in [0.2, 0.25) is 5.91 Å². The molecule has 1 rings (SSSR count). The maximum atomic E-state index is 13.2. The van der Waals surface area contributed by atoms with Gasteiger partial charge >= 0.3 is 0 Å². The highest BCUT2D eigenvalue weighted by Gasteiger charge is 2.22. The van der Waals surface area contributed by atoms with Gasteiger partial charge in [0.15, 0.2) is 5.84 Å². The van der Waals surface area contributed by atoms with Crippen LogP contribution in [-0.4, -0.2) is 29.7 Å². The topological polar surface area (TPSA) is 96.9 Å². The number of rotatable bonds is 5. The number of ether oxygens (including phenoxy) is 1. The van der Waals surface area contributed by atoms with Crippen molar-refractivity contribution < 1.29 is 19.1 Å². The summed E-state index contributed by atoms with van der Waals surface area (Å²) >= 11 is 0. The van der Waals surface area contributed by atoms with E-state index in [2.05, 4.69) is 10.5 Å². The van der Waals surface area contributed by atoms with Crippen molar-refractivity contribution >= 4 is 17.4 Å². The first-order valence-corrected chi connectivity index (χ1v) is 5.91. The van der Waals surface area contributed by atoms with E-state index in [-0.39, 0.29) is 29.4 Å². The standard InChI is InChI=1S/C13H18FN3O3/c1-13(2,20-3)7-11(18)16-10-5-4-8(14)6-9(10)12(15)17-19/h4-6,19H,7H2,1-3H3,(H2,15,17)(H,16,18). The zero-order valence-electron chi connectivity index (χ0n) is 11.6. The molecule has 7 heteroatoms. The average Bonchev–Trinajstić information content (AvgIpc) is 2.39. The molecule has 0 bridgehead atoms. The van der Waals surface area contributed by atoms with Gasteiger partial charge in [-0.05, 0) is 32.0 Å². The van der Waals surface area contributed by atoms with Gasteiger partial charge in [0, 0.05) is 12.7 Å². The molecule has 0 aliphatic carbocycles. The predicted octanol–water partition coefficient (Wildman–Crippen LogP) is 1.67. The summed E-state index contributed by atoms with van der Waals surface area (Å²) in [5, 5.41) is 14.1. The van der Waals surface area contributed by atoms with Crippen LogP contribution in [0.25, 0.3) is 0 Å². The van der Waals surface area contributed by atoms with Crippen molar-refractivity contribution in [3.05, 3.63) is 29.6 Å². The molecule has 20 heavy (non-hydrogen) atoms. The van der Waals surface area contributed by atoms with Crippen molar-refractivity contribution in [3.8, 4) is 0 Å². The molecule has 0 aromatic heterocycles. The highest BCUT2D eigenvalue weighted by atomic mass is 19.1. The molecule has 0 fully saturated rings. The van der Waals surface area contributed by atoms with Crippen LogP contribution in [0.1, 0.15) is 25.8 Å². The molecular weight excluding hydrogens is 265 g/mol. The summed E-state index contributed by atoms with van der Waals surface area (Å²) in [6.45, 7) is 3.53. The maximum absolute atomic E-state index is 13.2. The molecule has 110 valence electrons. The zero-order valence-corrected chi connectivity index (χ0v) is 11.6. The Labute approximate surface area is 116 Å². The van der Waals surface area contributed by atoms with Gasteiger partial charge in [-0.25, -0.2) is 4.39 Å². The lowest BCUT2D eigenvalue weighted by Gasteiger charge is -2.22. The van der Waals surface area contributed by atoms with E-state index in [0.29, 0.717) is 0 Å². The highest BCUT2D eigenvalue weighted by Crippen LogP contribution is 2.19. The van der Waals surface area contributed by atoms with Crippen LogP contribution in [0.5, 0.6) is 0 Å². The number of halogens is 1. The number of nitrogens with one attached hydrogen (secondary N) is 1. The smallest absolute Gasteiger partial charge is 0.227 e. The number of methoxy groups -OCH3 is 1. The van der Waals surface area contributed by atoms with Crippen molar-refractivity contribution in [3.63, 3.8) is 0 Å². The largest absolute Gasteiger partial charge is 0.409 e. The van der Waals surface area contributed by atoms with E-state index in [1.807, 2.05) is 0 Å². The van der Waals surface area contributed by atoms with E-state index in [1.165, 1.54) is 19.2 Å². The molecular formula is C13H18FN3O3. The van der Waals surface area contributed by atoms with Gasteiger partial charge in [-0.3, -0.25) is 4.79 Å². The Balaban J connectivity index is 2.95. The van der Waals surface area contributed by atoms with E-state index >= 15 is 0 Å². The number of hydrogen-bond donors (Lipinski definition) is 3. The van der Waals surface area contributed by atoms with Gasteiger partial charge in [-0.2, -0.15) is 0 Å². The molecule has 0 saturated carbocycles. The number of amides is 1. The number of anilines is 1. The summed E-state index contributed by atoms with van der Waals surface area (Å²) in [4.78, 5) is 11.9. The molecule has 1 aromatic rings. The van der Waals surface area contributed by atoms with E-state index in [1.54, 1.807) is 13.8 Å². The number of carbonyl (C=O) groups excluding carboxylic acids is 1. The Morgan fingerprint density at radius 2 is 2.20 bits per heavy atom. The summed E-state index contributed by atoms with van der Waals surface area (Å²) in [6, 6.07) is 3.60. The Morgan fingerprint density at radius 1 is 1.55 bits per heavy atom. The molecule has 0 aliphatic heterocycles. The predicted molar refractivity (Wildman–Crippen MR) is 73.2 cm³/mol. The summed E-state index contributed by atoms with van der Waals surface area (Å²) in [5.74, 6) is -1.16. The van der Waals surface area contributed by atoms with Gasteiger partial charge in [-0.1, -0.05) is 5.16 Å². The number of nitrogens with two attached hydrogens (primary N) is 1. The number of oxime groups is 1. The van der Waals surface area contributed by atoms with Crippen molar-refractivity contribution in [1.82, 2.24) is 0 Å². The molecule has 0 saturated heterocycles. The summed E-state index contributed by atoms with van der Waals surface area (Å²) in [7, 11) is 1.51. The quantitative estimate of drug-likeness (QED) is 0.331. The molecule has 0 spiro atoms. The Hall–Kier alpha value is -2.15. The first kappa shape index (κ1) is 15.9. The average molecular weight is 283 g/mol. The fourth-order valence-electron chi connectivity index (χ4n) is 1.54. The number of hydrogen-bond acceptors (Lipinski definition) is 4. The second kappa shape index (κ2) is 6.33. The lowest BCUT2D eigenvalue weighted by Crippen LogP contribution is -2.30. The number of benzene rings is 1. The van der Waals surface area contributed by atoms with Crippen LogP contribution < -0.4 is 11.1 Å². The number of amidine groups is 1. The number of carbonyl (C=O) groups is 1. The van der Waals surface area contributed by atoms with E-state index in [4.69, 9.17) is 15.7 Å². The molecule has 1 aromatic carbocycles. The van der Waals surface area contributed by atoms with Crippen molar-refractivity contribution in [1.29, 1.82) is 0 Å². The fourth-order valence-corrected chi connectivity index (χ4v) is 1.54. The fraction of sp³-hybridized carbons (Fsp3) is 0.385. The van der Waals surface area contributed by atoms with E-state index < -0.39 is 11.4 Å². The molecule has 0 atom stereocenters. The van der Waals surface area contributed by atoms with Gasteiger partial charge in [0.25, 0.3) is 0 Å². The molecule has 1 amide bonds. The second-order valence-corrected chi connectivity index (χ2v) is 4.86. The van der Waals surface area contributed by atoms with Crippen molar-refractivity contribution in [2.24, 2.45) is 10.9 Å². The van der Waals surface area contributed by atoms with Gasteiger partial charge in [-0.15, -0.1) is 0 Å². The molecule has 0 aliphatic rings. The normalized spacial score (nSPS) is 12.3. The Morgan fingerprint density at radius 3 is 2.75 bits per heavy atom. The minimum Gasteiger partial charge on any atom is -0.409 e. The maximum Gasteiger partial charge on any atom is 0.227 e. The summed E-state index contributed by atoms with van der Waals surface area (Å²) in [5.41, 5.74) is 5.20. The van der Waals surface area contributed by atoms with Gasteiger partial charge < -0.3 is 21.0 Å². The molecule has 6 nitrogen and oxygen atoms in total. The highest BCUT2D eigenvalue weighted by molar-refractivity contribution is 6.05. The monoisotopic (exact) mass is 283 g/mol. The van der Waals surface area contributed by atoms with Crippen LogP contribution in [0.2, 0.25) is 0 Å². The van der Waals surface area contributed by atoms with Crippen LogP contribution in [0.4, 0.5) is 10.1 Å². The molecule has 0 unspecified atom stereocenters. The minimum absolute atomic E-state index is 0.107. The van der Waals surface area contributed by atoms with Crippen LogP contribution >= 0.6 is 0 Å². The third kappa shape index (κ3) is 4.20. The molecule has 0 radical (unpaired) electrons. The van der Waals surface area contributed by atoms with Crippen molar-refractivity contribution in [2.75, 3.05) is 12.4 Å². The van der Waals surface area contributed by atoms with E-state index in [0.717, 1.165) is 6.07 Å². The Bertz CT molecular complexity index is 530. The third-order valence-electron chi connectivity index (χ3n) is 2.78. The van der Waals surface area contributed by atoms with Crippen LogP contribution in [0.3, 0.4) is 0 Å². The van der Waals surface area contributed by atoms with Crippen LogP contribution in [0.15, 0.2) is 23.4 Å². The van der Waals surface area contributed by atoms with Gasteiger partial charge in [0.1, 0.15) is 5.82 Å². The molecule has 4 N–H and O–H groups in total. The van der Waals surface area contributed by atoms with Gasteiger partial charge in [0.05, 0.1) is 17.7 Å². The summed E-state index contributed by atoms with van der Waals surface area (Å²) in [6.07, 6.45) is 0.108. The van der Waals surface area contributed by atoms with Crippen molar-refractivity contribution in [2.45, 2.75) is 25.9 Å². The van der Waals surface area contributed by atoms with Crippen LogP contribution in [-0.2, 0) is 9.53 Å². The Kier molecular flexibility index (Phi) is 5.04. The minimum atomic E-state index is -0.624. The third-order valence-corrected chi connectivity index (χ3v) is 2.78.